The molecule has 0 aliphatic heterocycles. The van der Waals surface area contributed by atoms with Crippen molar-refractivity contribution in [1.29, 1.82) is 0 Å². The maximum absolute atomic E-state index is 12.0. The lowest BCUT2D eigenvalue weighted by molar-refractivity contribution is 0.247. The lowest BCUT2D eigenvalue weighted by atomic mass is 9.84. The molecule has 1 aliphatic carbocycles. The van der Waals surface area contributed by atoms with Crippen LogP contribution in [0.3, 0.4) is 0 Å². The van der Waals surface area contributed by atoms with Gasteiger partial charge in [-0.15, -0.1) is 0 Å². The van der Waals surface area contributed by atoms with Gasteiger partial charge in [0.25, 0.3) is 10.2 Å². The highest BCUT2D eigenvalue weighted by molar-refractivity contribution is 7.86. The van der Waals surface area contributed by atoms with Crippen LogP contribution in [0, 0.1) is 5.92 Å². The summed E-state index contributed by atoms with van der Waals surface area (Å²) in [4.78, 5) is 0. The summed E-state index contributed by atoms with van der Waals surface area (Å²) in [6.45, 7) is 0.543. The van der Waals surface area contributed by atoms with E-state index in [1.807, 2.05) is 7.05 Å². The zero-order chi connectivity index (χ0) is 13.8. The Labute approximate surface area is 112 Å². The molecule has 1 atom stereocenters. The maximum Gasteiger partial charge on any atom is 0.281 e. The minimum Gasteiger partial charge on any atom is -0.315 e. The van der Waals surface area contributed by atoms with Crippen LogP contribution in [0.4, 0.5) is 0 Å². The van der Waals surface area contributed by atoms with Crippen molar-refractivity contribution < 1.29 is 8.42 Å². The third-order valence-corrected chi connectivity index (χ3v) is 5.76. The lowest BCUT2D eigenvalue weighted by Crippen LogP contribution is -2.48. The highest BCUT2D eigenvalue weighted by Crippen LogP contribution is 2.27. The van der Waals surface area contributed by atoms with Gasteiger partial charge in [-0.05, 0) is 25.8 Å². The van der Waals surface area contributed by atoms with Gasteiger partial charge in [0.1, 0.15) is 0 Å². The first-order valence-electron chi connectivity index (χ1n) is 6.70. The molecule has 1 aliphatic rings. The van der Waals surface area contributed by atoms with E-state index in [1.165, 1.54) is 40.7 Å². The van der Waals surface area contributed by atoms with E-state index in [0.717, 1.165) is 0 Å². The number of rotatable bonds is 6. The third-order valence-electron chi connectivity index (χ3n) is 3.90. The van der Waals surface area contributed by atoms with E-state index < -0.39 is 10.2 Å². The summed E-state index contributed by atoms with van der Waals surface area (Å²) in [7, 11) is 3.43. The second-order valence-electron chi connectivity index (χ2n) is 5.36. The fourth-order valence-electron chi connectivity index (χ4n) is 2.66. The van der Waals surface area contributed by atoms with E-state index >= 15 is 0 Å². The van der Waals surface area contributed by atoms with Crippen LogP contribution in [0.5, 0.6) is 0 Å². The van der Waals surface area contributed by atoms with Crippen molar-refractivity contribution in [3.05, 3.63) is 0 Å². The van der Waals surface area contributed by atoms with Gasteiger partial charge in [-0.25, -0.2) is 0 Å². The molecular formula is C12H27N3O2S. The van der Waals surface area contributed by atoms with E-state index in [4.69, 9.17) is 0 Å². The smallest absolute Gasteiger partial charge is 0.281 e. The molecule has 0 radical (unpaired) electrons. The molecule has 1 N–H and O–H groups in total. The second-order valence-corrected chi connectivity index (χ2v) is 7.61. The minimum atomic E-state index is -3.29. The van der Waals surface area contributed by atoms with E-state index in [-0.39, 0.29) is 6.04 Å². The molecule has 0 aromatic heterocycles. The van der Waals surface area contributed by atoms with Gasteiger partial charge >= 0.3 is 0 Å². The van der Waals surface area contributed by atoms with Gasteiger partial charge in [0.2, 0.25) is 0 Å². The normalized spacial score (nSPS) is 20.6. The van der Waals surface area contributed by atoms with Crippen LogP contribution in [0.25, 0.3) is 0 Å². The monoisotopic (exact) mass is 277 g/mol. The van der Waals surface area contributed by atoms with E-state index in [9.17, 15) is 8.42 Å². The van der Waals surface area contributed by atoms with Crippen LogP contribution >= 0.6 is 0 Å². The number of nitrogens with one attached hydrogen (secondary N) is 1. The summed E-state index contributed by atoms with van der Waals surface area (Å²) in [6.07, 6.45) is 6.28. The molecule has 0 saturated heterocycles. The van der Waals surface area contributed by atoms with Crippen molar-refractivity contribution >= 4 is 10.2 Å². The summed E-state index contributed by atoms with van der Waals surface area (Å²) in [5, 5.41) is 3.29. The van der Waals surface area contributed by atoms with Crippen molar-refractivity contribution in [2.45, 2.75) is 38.1 Å². The fraction of sp³-hybridized carbons (Fsp3) is 1.00. The van der Waals surface area contributed by atoms with Crippen molar-refractivity contribution in [2.24, 2.45) is 5.92 Å². The predicted octanol–water partition coefficient (Wildman–Crippen LogP) is 0.893. The van der Waals surface area contributed by atoms with Gasteiger partial charge in [0, 0.05) is 33.7 Å². The third kappa shape index (κ3) is 3.91. The molecule has 0 amide bonds. The van der Waals surface area contributed by atoms with Crippen LogP contribution in [-0.4, -0.2) is 57.8 Å². The topological polar surface area (TPSA) is 52.7 Å². The van der Waals surface area contributed by atoms with E-state index in [1.54, 1.807) is 21.1 Å². The molecular weight excluding hydrogens is 250 g/mol. The molecule has 0 spiro atoms. The maximum atomic E-state index is 12.0. The van der Waals surface area contributed by atoms with Gasteiger partial charge in [-0.2, -0.15) is 17.0 Å². The summed E-state index contributed by atoms with van der Waals surface area (Å²) in [5.41, 5.74) is 0. The number of nitrogens with zero attached hydrogens (tertiary/aromatic N) is 2. The molecule has 1 rings (SSSR count). The van der Waals surface area contributed by atoms with Gasteiger partial charge in [-0.1, -0.05) is 19.3 Å². The molecule has 0 aromatic rings. The van der Waals surface area contributed by atoms with E-state index in [2.05, 4.69) is 5.32 Å². The summed E-state index contributed by atoms with van der Waals surface area (Å²) in [5.74, 6) is 0.601. The molecule has 18 heavy (non-hydrogen) atoms. The van der Waals surface area contributed by atoms with Crippen LogP contribution in [0.15, 0.2) is 0 Å². The zero-order valence-electron chi connectivity index (χ0n) is 12.0. The number of hydrogen-bond acceptors (Lipinski definition) is 3. The Kier molecular flexibility index (Phi) is 6.04. The number of hydrogen-bond donors (Lipinski definition) is 1. The molecule has 0 bridgehead atoms. The van der Waals surface area contributed by atoms with Gasteiger partial charge in [0.15, 0.2) is 0 Å². The molecule has 1 fully saturated rings. The van der Waals surface area contributed by atoms with Crippen molar-refractivity contribution in [3.8, 4) is 0 Å². The average molecular weight is 277 g/mol. The Bertz CT molecular complexity index is 337. The van der Waals surface area contributed by atoms with Gasteiger partial charge in [-0.3, -0.25) is 0 Å². The van der Waals surface area contributed by atoms with Crippen molar-refractivity contribution in [1.82, 2.24) is 13.9 Å². The minimum absolute atomic E-state index is 0.255. The van der Waals surface area contributed by atoms with E-state index in [0.29, 0.717) is 12.5 Å². The molecule has 6 heteroatoms. The SMILES string of the molecule is CN[C@H](CN(C)S(=O)(=O)N(C)C)C1CCCCC1. The average Bonchev–Trinajstić information content (AvgIpc) is 2.36. The Morgan fingerprint density at radius 3 is 2.17 bits per heavy atom. The second kappa shape index (κ2) is 6.84. The quantitative estimate of drug-likeness (QED) is 0.784. The first kappa shape index (κ1) is 15.9. The van der Waals surface area contributed by atoms with Gasteiger partial charge < -0.3 is 5.32 Å². The summed E-state index contributed by atoms with van der Waals surface area (Å²) < 4.78 is 26.7. The predicted molar refractivity (Wildman–Crippen MR) is 74.7 cm³/mol. The first-order valence-corrected chi connectivity index (χ1v) is 8.10. The first-order chi connectivity index (χ1) is 8.39. The standard InChI is InChI=1S/C12H27N3O2S/c1-13-12(11-8-6-5-7-9-11)10-15(4)18(16,17)14(2)3/h11-13H,5-10H2,1-4H3/t12-/m1/s1. The largest absolute Gasteiger partial charge is 0.315 e. The fourth-order valence-corrected chi connectivity index (χ4v) is 3.57. The summed E-state index contributed by atoms with van der Waals surface area (Å²) >= 11 is 0. The Morgan fingerprint density at radius 1 is 1.17 bits per heavy atom. The van der Waals surface area contributed by atoms with Crippen LogP contribution in [0.2, 0.25) is 0 Å². The van der Waals surface area contributed by atoms with Crippen LogP contribution in [-0.2, 0) is 10.2 Å². The lowest BCUT2D eigenvalue weighted by Gasteiger charge is -2.33. The molecule has 0 aromatic carbocycles. The van der Waals surface area contributed by atoms with Crippen LogP contribution < -0.4 is 5.32 Å². The zero-order valence-corrected chi connectivity index (χ0v) is 12.8. The Hall–Kier alpha value is -0.170. The van der Waals surface area contributed by atoms with Gasteiger partial charge in [0.05, 0.1) is 0 Å². The Morgan fingerprint density at radius 2 is 1.72 bits per heavy atom. The molecule has 1 saturated carbocycles. The summed E-state index contributed by atoms with van der Waals surface area (Å²) in [6, 6.07) is 0.255. The Balaban J connectivity index is 2.62. The molecule has 5 nitrogen and oxygen atoms in total. The van der Waals surface area contributed by atoms with Crippen LogP contribution in [0.1, 0.15) is 32.1 Å². The molecule has 108 valence electrons. The highest BCUT2D eigenvalue weighted by Gasteiger charge is 2.28. The van der Waals surface area contributed by atoms with Crippen molar-refractivity contribution in [2.75, 3.05) is 34.7 Å². The van der Waals surface area contributed by atoms with Crippen molar-refractivity contribution in [3.63, 3.8) is 0 Å². The molecule has 0 unspecified atom stereocenters. The highest BCUT2D eigenvalue weighted by atomic mass is 32.2. The number of likely N-dealkylation sites (N-methyl/N-ethyl adjacent to an activating group) is 2. The molecule has 0 heterocycles.